The Hall–Kier alpha value is -3.57. The van der Waals surface area contributed by atoms with Crippen molar-refractivity contribution in [3.63, 3.8) is 0 Å². The van der Waals surface area contributed by atoms with Gasteiger partial charge in [0.2, 0.25) is 5.13 Å². The number of aliphatic hydroxyl groups excluding tert-OH is 1. The largest absolute Gasteiger partial charge is 0.476 e. The Morgan fingerprint density at radius 1 is 1.12 bits per heavy atom. The van der Waals surface area contributed by atoms with Crippen LogP contribution in [0.2, 0.25) is 0 Å². The van der Waals surface area contributed by atoms with E-state index in [-0.39, 0.29) is 22.1 Å². The molecule has 0 aliphatic carbocycles. The lowest BCUT2D eigenvalue weighted by Crippen LogP contribution is -2.09. The first-order chi connectivity index (χ1) is 15.6. The van der Waals surface area contributed by atoms with Gasteiger partial charge in [0.1, 0.15) is 5.82 Å². The minimum absolute atomic E-state index is 0.0945. The number of aryl methyl sites for hydroxylation is 1. The fraction of sp³-hybridized carbons (Fsp3) is 0.136. The van der Waals surface area contributed by atoms with Crippen molar-refractivity contribution in [3.8, 4) is 27.5 Å². The topological polar surface area (TPSA) is 88.2 Å². The van der Waals surface area contributed by atoms with Crippen molar-refractivity contribution < 1.29 is 32.6 Å². The molecule has 0 bridgehead atoms. The smallest absolute Gasteiger partial charge is 0.416 e. The third-order valence-corrected chi connectivity index (χ3v) is 5.89. The molecular formula is C22H15F4N3O3S. The van der Waals surface area contributed by atoms with Gasteiger partial charge in [-0.1, -0.05) is 35.6 Å². The van der Waals surface area contributed by atoms with Gasteiger partial charge in [0, 0.05) is 11.1 Å². The molecule has 6 nitrogen and oxygen atoms in total. The van der Waals surface area contributed by atoms with Crippen molar-refractivity contribution in [2.45, 2.75) is 19.7 Å². The molecule has 0 spiro atoms. The standard InChI is InChI=1S/C22H15F4N3O3S/c1-11-17(13-3-2-4-15(23)9-13)19(20(31)32)29(28-11)21-27-18(16(10-30)33-21)12-5-7-14(8-6-12)22(24,25)26/h2-9,30H,10H2,1H3,(H,31,32). The van der Waals surface area contributed by atoms with Crippen molar-refractivity contribution in [1.82, 2.24) is 14.8 Å². The van der Waals surface area contributed by atoms with Crippen LogP contribution in [0.4, 0.5) is 17.6 Å². The molecule has 0 unspecified atom stereocenters. The van der Waals surface area contributed by atoms with Crippen LogP contribution >= 0.6 is 11.3 Å². The van der Waals surface area contributed by atoms with Crippen LogP contribution < -0.4 is 0 Å². The molecule has 2 aromatic heterocycles. The number of carbonyl (C=O) groups is 1. The number of thiazole rings is 1. The lowest BCUT2D eigenvalue weighted by atomic mass is 10.0. The van der Waals surface area contributed by atoms with Crippen LogP contribution in [0.15, 0.2) is 48.5 Å². The number of alkyl halides is 3. The zero-order valence-electron chi connectivity index (χ0n) is 16.9. The van der Waals surface area contributed by atoms with E-state index in [0.29, 0.717) is 21.7 Å². The molecule has 0 aliphatic rings. The van der Waals surface area contributed by atoms with Gasteiger partial charge in [-0.05, 0) is 36.8 Å². The summed E-state index contributed by atoms with van der Waals surface area (Å²) in [7, 11) is 0. The Balaban J connectivity index is 1.85. The summed E-state index contributed by atoms with van der Waals surface area (Å²) < 4.78 is 53.5. The molecule has 2 heterocycles. The lowest BCUT2D eigenvalue weighted by Gasteiger charge is -2.07. The van der Waals surface area contributed by atoms with Crippen LogP contribution in [0.25, 0.3) is 27.5 Å². The van der Waals surface area contributed by atoms with Crippen LogP contribution in [0, 0.1) is 12.7 Å². The normalized spacial score (nSPS) is 11.7. The number of carboxylic acids is 1. The van der Waals surface area contributed by atoms with Gasteiger partial charge in [-0.2, -0.15) is 23.0 Å². The monoisotopic (exact) mass is 477 g/mol. The average Bonchev–Trinajstić information content (AvgIpc) is 3.34. The summed E-state index contributed by atoms with van der Waals surface area (Å²) in [5, 5.41) is 24.0. The summed E-state index contributed by atoms with van der Waals surface area (Å²) in [6, 6.07) is 9.68. The highest BCUT2D eigenvalue weighted by Crippen LogP contribution is 2.36. The first kappa shape index (κ1) is 22.6. The Morgan fingerprint density at radius 2 is 1.82 bits per heavy atom. The minimum atomic E-state index is -4.50. The second kappa shape index (κ2) is 8.41. The van der Waals surface area contributed by atoms with Gasteiger partial charge in [0.25, 0.3) is 0 Å². The van der Waals surface area contributed by atoms with E-state index in [1.807, 2.05) is 0 Å². The molecule has 33 heavy (non-hydrogen) atoms. The maximum absolute atomic E-state index is 13.8. The van der Waals surface area contributed by atoms with E-state index in [9.17, 15) is 32.6 Å². The summed E-state index contributed by atoms with van der Waals surface area (Å²) in [6.07, 6.45) is -4.50. The highest BCUT2D eigenvalue weighted by Gasteiger charge is 2.30. The summed E-state index contributed by atoms with van der Waals surface area (Å²) in [5.41, 5.74) is 0.286. The highest BCUT2D eigenvalue weighted by atomic mass is 32.1. The number of hydrogen-bond donors (Lipinski definition) is 2. The van der Waals surface area contributed by atoms with E-state index in [0.717, 1.165) is 28.2 Å². The van der Waals surface area contributed by atoms with Crippen LogP contribution in [-0.4, -0.2) is 30.9 Å². The van der Waals surface area contributed by atoms with Gasteiger partial charge in [-0.3, -0.25) is 0 Å². The van der Waals surface area contributed by atoms with Gasteiger partial charge < -0.3 is 10.2 Å². The van der Waals surface area contributed by atoms with E-state index in [1.54, 1.807) is 13.0 Å². The van der Waals surface area contributed by atoms with Crippen LogP contribution in [0.5, 0.6) is 0 Å². The van der Waals surface area contributed by atoms with Crippen molar-refractivity contribution in [2.24, 2.45) is 0 Å². The Morgan fingerprint density at radius 3 is 2.39 bits per heavy atom. The van der Waals surface area contributed by atoms with Crippen LogP contribution in [-0.2, 0) is 12.8 Å². The highest BCUT2D eigenvalue weighted by molar-refractivity contribution is 7.14. The first-order valence-corrected chi connectivity index (χ1v) is 10.3. The van der Waals surface area contributed by atoms with Crippen molar-refractivity contribution in [2.75, 3.05) is 0 Å². The van der Waals surface area contributed by atoms with Gasteiger partial charge in [-0.25, -0.2) is 14.2 Å². The third kappa shape index (κ3) is 4.24. The van der Waals surface area contributed by atoms with E-state index >= 15 is 0 Å². The number of aromatic nitrogens is 3. The molecule has 170 valence electrons. The number of halogens is 4. The van der Waals surface area contributed by atoms with Gasteiger partial charge in [0.05, 0.1) is 28.4 Å². The van der Waals surface area contributed by atoms with E-state index in [4.69, 9.17) is 0 Å². The first-order valence-electron chi connectivity index (χ1n) is 9.47. The number of nitrogens with zero attached hydrogens (tertiary/aromatic N) is 3. The van der Waals surface area contributed by atoms with Crippen molar-refractivity contribution in [3.05, 3.63) is 76.2 Å². The number of rotatable bonds is 5. The molecule has 4 aromatic rings. The molecule has 0 amide bonds. The van der Waals surface area contributed by atoms with Gasteiger partial charge in [0.15, 0.2) is 5.69 Å². The molecule has 11 heteroatoms. The average molecular weight is 477 g/mol. The molecule has 0 fully saturated rings. The lowest BCUT2D eigenvalue weighted by molar-refractivity contribution is -0.137. The molecule has 2 aromatic carbocycles. The van der Waals surface area contributed by atoms with Crippen molar-refractivity contribution >= 4 is 17.3 Å². The number of carboxylic acid groups (broad SMARTS) is 1. The molecule has 0 saturated carbocycles. The summed E-state index contributed by atoms with van der Waals surface area (Å²) in [4.78, 5) is 16.8. The van der Waals surface area contributed by atoms with E-state index in [2.05, 4.69) is 10.1 Å². The predicted molar refractivity (Wildman–Crippen MR) is 113 cm³/mol. The summed E-state index contributed by atoms with van der Waals surface area (Å²) in [6.45, 7) is 1.11. The Bertz CT molecular complexity index is 1340. The number of hydrogen-bond acceptors (Lipinski definition) is 5. The number of aliphatic hydroxyl groups is 1. The molecule has 0 saturated heterocycles. The van der Waals surface area contributed by atoms with E-state index in [1.165, 1.54) is 30.3 Å². The second-order valence-electron chi connectivity index (χ2n) is 7.04. The Labute approximate surface area is 188 Å². The summed E-state index contributed by atoms with van der Waals surface area (Å²) in [5.74, 6) is -1.87. The zero-order valence-corrected chi connectivity index (χ0v) is 17.7. The van der Waals surface area contributed by atoms with Crippen molar-refractivity contribution in [1.29, 1.82) is 0 Å². The zero-order chi connectivity index (χ0) is 23.9. The quantitative estimate of drug-likeness (QED) is 0.380. The second-order valence-corrected chi connectivity index (χ2v) is 8.10. The van der Waals surface area contributed by atoms with Crippen LogP contribution in [0.1, 0.15) is 26.6 Å². The number of aromatic carboxylic acids is 1. The maximum Gasteiger partial charge on any atom is 0.416 e. The van der Waals surface area contributed by atoms with Gasteiger partial charge in [-0.15, -0.1) is 0 Å². The molecular weight excluding hydrogens is 462 g/mol. The van der Waals surface area contributed by atoms with Gasteiger partial charge >= 0.3 is 12.1 Å². The minimum Gasteiger partial charge on any atom is -0.476 e. The Kier molecular flexibility index (Phi) is 5.76. The van der Waals surface area contributed by atoms with E-state index < -0.39 is 30.1 Å². The molecule has 2 N–H and O–H groups in total. The van der Waals surface area contributed by atoms with Crippen LogP contribution in [0.3, 0.4) is 0 Å². The molecule has 4 rings (SSSR count). The molecule has 0 radical (unpaired) electrons. The summed E-state index contributed by atoms with van der Waals surface area (Å²) >= 11 is 0.949. The SMILES string of the molecule is Cc1nn(-c2nc(-c3ccc(C(F)(F)F)cc3)c(CO)s2)c(C(=O)O)c1-c1cccc(F)c1. The number of benzene rings is 2. The third-order valence-electron chi connectivity index (χ3n) is 4.87. The fourth-order valence-electron chi connectivity index (χ4n) is 3.43. The molecule has 0 atom stereocenters. The predicted octanol–water partition coefficient (Wildman–Crippen LogP) is 5.32. The molecule has 0 aliphatic heterocycles. The fourth-order valence-corrected chi connectivity index (χ4v) is 4.33. The maximum atomic E-state index is 13.8.